The Hall–Kier alpha value is -2.82. The highest BCUT2D eigenvalue weighted by molar-refractivity contribution is 7.47. The van der Waals surface area contributed by atoms with E-state index >= 15 is 0 Å². The van der Waals surface area contributed by atoms with Crippen molar-refractivity contribution in [3.8, 4) is 0 Å². The van der Waals surface area contributed by atoms with E-state index in [1.54, 1.807) is 0 Å². The highest BCUT2D eigenvalue weighted by Crippen LogP contribution is 2.43. The third-order valence-electron chi connectivity index (χ3n) is 10.1. The molecule has 4 N–H and O–H groups in total. The van der Waals surface area contributed by atoms with Crippen LogP contribution in [0, 0.1) is 0 Å². The van der Waals surface area contributed by atoms with Crippen molar-refractivity contribution in [3.05, 3.63) is 60.8 Å². The summed E-state index contributed by atoms with van der Waals surface area (Å²) in [7, 11) is -4.78. The lowest BCUT2D eigenvalue weighted by Crippen LogP contribution is -2.43. The van der Waals surface area contributed by atoms with Crippen LogP contribution in [0.15, 0.2) is 60.8 Å². The van der Waals surface area contributed by atoms with E-state index in [4.69, 9.17) is 13.8 Å². The van der Waals surface area contributed by atoms with Gasteiger partial charge in [0.25, 0.3) is 0 Å². The molecule has 0 aromatic heterocycles. The van der Waals surface area contributed by atoms with Crippen molar-refractivity contribution in [3.63, 3.8) is 0 Å². The van der Waals surface area contributed by atoms with Crippen molar-refractivity contribution >= 4 is 25.7 Å². The third-order valence-corrected chi connectivity index (χ3v) is 11.0. The molecule has 1 amide bonds. The zero-order valence-corrected chi connectivity index (χ0v) is 39.1. The van der Waals surface area contributed by atoms with Gasteiger partial charge in [0.15, 0.2) is 6.04 Å². The number of carboxylic acid groups (broad SMARTS) is 1. The first kappa shape index (κ1) is 58.2. The van der Waals surface area contributed by atoms with Crippen LogP contribution in [-0.2, 0) is 32.7 Å². The summed E-state index contributed by atoms with van der Waals surface area (Å²) >= 11 is 0. The monoisotopic (exact) mass is 880 g/mol. The molecular weight excluding hydrogens is 794 g/mol. The van der Waals surface area contributed by atoms with Gasteiger partial charge in [-0.2, -0.15) is 0 Å². The fourth-order valence-electron chi connectivity index (χ4n) is 6.41. The Morgan fingerprint density at radius 1 is 0.541 bits per heavy atom. The number of amides is 1. The Balaban J connectivity index is 3.91. The van der Waals surface area contributed by atoms with E-state index in [1.807, 2.05) is 12.2 Å². The van der Waals surface area contributed by atoms with Crippen LogP contribution in [0.3, 0.4) is 0 Å². The first-order valence-corrected chi connectivity index (χ1v) is 25.3. The zero-order valence-electron chi connectivity index (χ0n) is 38.2. The van der Waals surface area contributed by atoms with Crippen LogP contribution < -0.4 is 5.32 Å². The Bertz CT molecular complexity index is 1260. The molecule has 0 aliphatic heterocycles. The van der Waals surface area contributed by atoms with Gasteiger partial charge in [-0.05, 0) is 51.4 Å². The standard InChI is InChI=1S/C49H86NO10P/c1-3-5-7-9-11-13-15-17-19-21-22-23-25-27-29-31-33-35-37-39-41-48(53)58-42-45(51)43-59-61(56,57)60-44-46(49(54)55)50-47(52)40-38-36-34-32-30-28-26-24-20-18-16-14-12-10-8-6-4-2/h6,8,12,14,18,20,26,28,32,34,45-46,51H,3-5,7,9-11,13,15-17,19,21-25,27,29-31,33,35-44H2,1-2H3,(H,50,52)(H,54,55)(H,56,57)/b8-6-,14-12-,20-18-,28-26-,34-32-. The summed E-state index contributed by atoms with van der Waals surface area (Å²) < 4.78 is 26.9. The number of ether oxygens (including phenoxy) is 1. The van der Waals surface area contributed by atoms with Gasteiger partial charge in [0.2, 0.25) is 5.91 Å². The van der Waals surface area contributed by atoms with Crippen LogP contribution in [0.5, 0.6) is 0 Å². The number of phosphoric acid groups is 1. The van der Waals surface area contributed by atoms with Gasteiger partial charge < -0.3 is 25.2 Å². The number of carbonyl (C=O) groups excluding carboxylic acids is 2. The fourth-order valence-corrected chi connectivity index (χ4v) is 7.18. The topological polar surface area (TPSA) is 169 Å². The molecule has 0 bridgehead atoms. The molecule has 0 saturated carbocycles. The van der Waals surface area contributed by atoms with E-state index in [2.05, 4.69) is 67.8 Å². The second-order valence-corrected chi connectivity index (χ2v) is 17.4. The summed E-state index contributed by atoms with van der Waals surface area (Å²) in [6, 6.07) is -1.58. The van der Waals surface area contributed by atoms with Gasteiger partial charge in [0.05, 0.1) is 13.2 Å². The highest BCUT2D eigenvalue weighted by Gasteiger charge is 2.28. The van der Waals surface area contributed by atoms with Gasteiger partial charge in [-0.1, -0.05) is 197 Å². The number of allylic oxidation sites excluding steroid dienone is 10. The molecule has 61 heavy (non-hydrogen) atoms. The number of nitrogens with one attached hydrogen (secondary N) is 1. The van der Waals surface area contributed by atoms with Gasteiger partial charge >= 0.3 is 19.8 Å². The number of phosphoric ester groups is 1. The normalized spacial score (nSPS) is 14.2. The quantitative estimate of drug-likeness (QED) is 0.0200. The van der Waals surface area contributed by atoms with Crippen molar-refractivity contribution in [1.29, 1.82) is 0 Å². The molecule has 0 aromatic carbocycles. The van der Waals surface area contributed by atoms with Gasteiger partial charge in [-0.25, -0.2) is 9.36 Å². The number of carboxylic acids is 1. The molecule has 0 spiro atoms. The summed E-state index contributed by atoms with van der Waals surface area (Å²) in [6.45, 7) is 2.46. The van der Waals surface area contributed by atoms with Crippen molar-refractivity contribution in [2.45, 2.75) is 212 Å². The minimum Gasteiger partial charge on any atom is -0.480 e. The summed E-state index contributed by atoms with van der Waals surface area (Å²) in [5, 5.41) is 21.8. The first-order valence-electron chi connectivity index (χ1n) is 23.8. The van der Waals surface area contributed by atoms with Crippen LogP contribution in [0.4, 0.5) is 0 Å². The minimum atomic E-state index is -4.78. The molecule has 12 heteroatoms. The number of aliphatic hydroxyl groups is 1. The molecule has 0 saturated heterocycles. The maximum Gasteiger partial charge on any atom is 0.472 e. The summed E-state index contributed by atoms with van der Waals surface area (Å²) in [5.41, 5.74) is 0. The maximum atomic E-state index is 12.3. The summed E-state index contributed by atoms with van der Waals surface area (Å²) in [4.78, 5) is 46.0. The average Bonchev–Trinajstić information content (AvgIpc) is 3.24. The molecular formula is C49H86NO10P. The minimum absolute atomic E-state index is 0.0654. The molecule has 3 unspecified atom stereocenters. The van der Waals surface area contributed by atoms with Gasteiger partial charge in [0.1, 0.15) is 12.7 Å². The highest BCUT2D eigenvalue weighted by atomic mass is 31.2. The number of aliphatic carboxylic acids is 1. The van der Waals surface area contributed by atoms with Crippen LogP contribution in [0.25, 0.3) is 0 Å². The number of carbonyl (C=O) groups is 3. The lowest BCUT2D eigenvalue weighted by molar-refractivity contribution is -0.147. The molecule has 0 heterocycles. The number of rotatable bonds is 44. The number of hydrogen-bond donors (Lipinski definition) is 4. The molecule has 0 aliphatic carbocycles. The van der Waals surface area contributed by atoms with Gasteiger partial charge in [0, 0.05) is 12.8 Å². The Labute approximate surface area is 370 Å². The second-order valence-electron chi connectivity index (χ2n) is 15.9. The number of hydrogen-bond acceptors (Lipinski definition) is 8. The van der Waals surface area contributed by atoms with Crippen LogP contribution in [-0.4, -0.2) is 64.9 Å². The fraction of sp³-hybridized carbons (Fsp3) is 0.735. The lowest BCUT2D eigenvalue weighted by Gasteiger charge is -2.18. The predicted octanol–water partition coefficient (Wildman–Crippen LogP) is 12.7. The molecule has 0 fully saturated rings. The number of esters is 1. The SMILES string of the molecule is CC/C=C\C/C=C\C/C=C\C/C=C\C/C=C\CCCC(=O)NC(COP(=O)(O)OCC(O)COC(=O)CCCCCCCCCCCCCCCCCCCCCC)C(=O)O. The molecule has 0 radical (unpaired) electrons. The maximum absolute atomic E-state index is 12.3. The third kappa shape index (κ3) is 43.6. The summed E-state index contributed by atoms with van der Waals surface area (Å²) in [6.07, 6.45) is 51.2. The molecule has 11 nitrogen and oxygen atoms in total. The lowest BCUT2D eigenvalue weighted by atomic mass is 10.0. The molecule has 0 aliphatic rings. The van der Waals surface area contributed by atoms with E-state index in [9.17, 15) is 34.1 Å². The molecule has 0 aromatic rings. The Kier molecular flexibility index (Phi) is 41.8. The van der Waals surface area contributed by atoms with Gasteiger partial charge in [-0.3, -0.25) is 18.6 Å². The largest absolute Gasteiger partial charge is 0.480 e. The average molecular weight is 880 g/mol. The van der Waals surface area contributed by atoms with E-state index < -0.39 is 57.6 Å². The Morgan fingerprint density at radius 2 is 0.951 bits per heavy atom. The van der Waals surface area contributed by atoms with Crippen molar-refractivity contribution in [2.75, 3.05) is 19.8 Å². The van der Waals surface area contributed by atoms with Crippen LogP contribution in [0.2, 0.25) is 0 Å². The summed E-state index contributed by atoms with van der Waals surface area (Å²) in [5.74, 6) is -2.45. The van der Waals surface area contributed by atoms with Crippen LogP contribution >= 0.6 is 7.82 Å². The number of aliphatic hydroxyl groups excluding tert-OH is 1. The van der Waals surface area contributed by atoms with E-state index in [0.29, 0.717) is 19.3 Å². The zero-order chi connectivity index (χ0) is 44.9. The Morgan fingerprint density at radius 3 is 1.39 bits per heavy atom. The van der Waals surface area contributed by atoms with E-state index in [-0.39, 0.29) is 12.8 Å². The molecule has 0 rings (SSSR count). The van der Waals surface area contributed by atoms with Crippen molar-refractivity contribution < 1.29 is 47.8 Å². The van der Waals surface area contributed by atoms with E-state index in [0.717, 1.165) is 51.4 Å². The van der Waals surface area contributed by atoms with Crippen LogP contribution in [0.1, 0.15) is 200 Å². The second kappa shape index (κ2) is 43.8. The van der Waals surface area contributed by atoms with Crippen molar-refractivity contribution in [1.82, 2.24) is 5.32 Å². The van der Waals surface area contributed by atoms with E-state index in [1.165, 1.54) is 103 Å². The first-order chi connectivity index (χ1) is 29.6. The molecule has 352 valence electrons. The van der Waals surface area contributed by atoms with Crippen molar-refractivity contribution in [2.24, 2.45) is 0 Å². The molecule has 3 atom stereocenters. The van der Waals surface area contributed by atoms with Gasteiger partial charge in [-0.15, -0.1) is 0 Å². The predicted molar refractivity (Wildman–Crippen MR) is 249 cm³/mol. The smallest absolute Gasteiger partial charge is 0.472 e. The number of unbranched alkanes of at least 4 members (excludes halogenated alkanes) is 20.